The van der Waals surface area contributed by atoms with Gasteiger partial charge in [-0.25, -0.2) is 9.97 Å². The number of aromatic amines is 1. The number of morpholine rings is 1. The number of carbonyl (C=O) groups excluding carboxylic acids is 1. The summed E-state index contributed by atoms with van der Waals surface area (Å²) in [6.07, 6.45) is 3.53. The number of fused-ring (bicyclic) bond motifs is 2. The second-order valence-corrected chi connectivity index (χ2v) is 8.51. The van der Waals surface area contributed by atoms with Gasteiger partial charge in [-0.3, -0.25) is 4.79 Å². The molecule has 1 fully saturated rings. The zero-order valence-corrected chi connectivity index (χ0v) is 19.0. The van der Waals surface area contributed by atoms with Crippen molar-refractivity contribution in [3.05, 3.63) is 36.3 Å². The van der Waals surface area contributed by atoms with E-state index < -0.39 is 0 Å². The molecule has 0 aliphatic carbocycles. The first-order chi connectivity index (χ1) is 16.1. The molecule has 3 aromatic rings. The molecule has 2 N–H and O–H groups in total. The van der Waals surface area contributed by atoms with Crippen molar-refractivity contribution in [1.29, 1.82) is 0 Å². The number of nitrogens with zero attached hydrogens (tertiary/aromatic N) is 5. The monoisotopic (exact) mass is 451 g/mol. The summed E-state index contributed by atoms with van der Waals surface area (Å²) in [5.74, 6) is 1.34. The zero-order valence-electron chi connectivity index (χ0n) is 19.0. The third-order valence-corrected chi connectivity index (χ3v) is 6.16. The van der Waals surface area contributed by atoms with Crippen molar-refractivity contribution in [2.45, 2.75) is 6.54 Å². The highest BCUT2D eigenvalue weighted by Gasteiger charge is 2.20. The Kier molecular flexibility index (Phi) is 6.01. The van der Waals surface area contributed by atoms with E-state index in [9.17, 15) is 4.79 Å². The molecule has 0 spiro atoms. The van der Waals surface area contributed by atoms with Crippen LogP contribution in [0.15, 0.2) is 30.7 Å². The second kappa shape index (κ2) is 9.24. The van der Waals surface area contributed by atoms with E-state index in [0.29, 0.717) is 32.1 Å². The number of carbonyl (C=O) groups is 1. The van der Waals surface area contributed by atoms with Crippen LogP contribution in [0.4, 0.5) is 17.2 Å². The van der Waals surface area contributed by atoms with Gasteiger partial charge in [-0.05, 0) is 24.7 Å². The molecule has 0 radical (unpaired) electrons. The van der Waals surface area contributed by atoms with Gasteiger partial charge in [0.25, 0.3) is 5.91 Å². The molecule has 2 aliphatic rings. The predicted octanol–water partition coefficient (Wildman–Crippen LogP) is 1.82. The number of rotatable bonds is 1. The van der Waals surface area contributed by atoms with E-state index in [0.717, 1.165) is 53.4 Å². The molecule has 10 nitrogen and oxygen atoms in total. The highest BCUT2D eigenvalue weighted by atomic mass is 16.5. The molecule has 1 aromatic carbocycles. The number of nitrogens with one attached hydrogen (secondary N) is 2. The van der Waals surface area contributed by atoms with Crippen LogP contribution < -0.4 is 15.0 Å². The van der Waals surface area contributed by atoms with Crippen molar-refractivity contribution in [3.8, 4) is 5.75 Å². The van der Waals surface area contributed by atoms with Gasteiger partial charge in [-0.1, -0.05) is 0 Å². The molecular weight excluding hydrogens is 422 g/mol. The van der Waals surface area contributed by atoms with E-state index in [4.69, 9.17) is 9.47 Å². The van der Waals surface area contributed by atoms with Crippen LogP contribution in [-0.4, -0.2) is 90.8 Å². The minimum atomic E-state index is -0.0530. The van der Waals surface area contributed by atoms with Gasteiger partial charge in [0.2, 0.25) is 0 Å². The third kappa shape index (κ3) is 4.57. The van der Waals surface area contributed by atoms with Gasteiger partial charge in [-0.2, -0.15) is 0 Å². The van der Waals surface area contributed by atoms with Crippen molar-refractivity contribution >= 4 is 34.1 Å². The van der Waals surface area contributed by atoms with Crippen LogP contribution in [0.2, 0.25) is 0 Å². The smallest absolute Gasteiger partial charge is 0.260 e. The summed E-state index contributed by atoms with van der Waals surface area (Å²) in [7, 11) is 3.86. The molecule has 1 saturated heterocycles. The number of amides is 1. The average Bonchev–Trinajstić information content (AvgIpc) is 3.24. The Morgan fingerprint density at radius 3 is 2.76 bits per heavy atom. The largest absolute Gasteiger partial charge is 0.482 e. The van der Waals surface area contributed by atoms with Crippen molar-refractivity contribution < 1.29 is 14.3 Å². The van der Waals surface area contributed by atoms with Gasteiger partial charge in [0.1, 0.15) is 23.5 Å². The van der Waals surface area contributed by atoms with Crippen molar-refractivity contribution in [1.82, 2.24) is 24.8 Å². The summed E-state index contributed by atoms with van der Waals surface area (Å²) < 4.78 is 11.6. The maximum atomic E-state index is 12.7. The molecule has 2 aliphatic heterocycles. The molecule has 0 unspecified atom stereocenters. The topological polar surface area (TPSA) is 98.8 Å². The summed E-state index contributed by atoms with van der Waals surface area (Å²) in [4.78, 5) is 31.0. The fraction of sp³-hybridized carbons (Fsp3) is 0.435. The van der Waals surface area contributed by atoms with Crippen LogP contribution in [0, 0.1) is 0 Å². The molecule has 2 aromatic heterocycles. The number of H-pyrrole nitrogens is 1. The molecule has 1 amide bonds. The van der Waals surface area contributed by atoms with E-state index in [1.165, 1.54) is 0 Å². The van der Waals surface area contributed by atoms with Gasteiger partial charge in [0.15, 0.2) is 6.61 Å². The van der Waals surface area contributed by atoms with Crippen LogP contribution in [0.1, 0.15) is 5.56 Å². The van der Waals surface area contributed by atoms with Gasteiger partial charge in [0, 0.05) is 57.7 Å². The van der Waals surface area contributed by atoms with Crippen molar-refractivity contribution in [2.24, 2.45) is 0 Å². The van der Waals surface area contributed by atoms with Gasteiger partial charge < -0.3 is 34.5 Å². The number of anilines is 3. The Balaban J connectivity index is 1.55. The number of benzene rings is 1. The lowest BCUT2D eigenvalue weighted by Crippen LogP contribution is -2.38. The fourth-order valence-electron chi connectivity index (χ4n) is 4.22. The Morgan fingerprint density at radius 1 is 1.06 bits per heavy atom. The predicted molar refractivity (Wildman–Crippen MR) is 126 cm³/mol. The van der Waals surface area contributed by atoms with Crippen LogP contribution in [0.5, 0.6) is 5.75 Å². The van der Waals surface area contributed by atoms with Gasteiger partial charge in [0.05, 0.1) is 24.3 Å². The van der Waals surface area contributed by atoms with E-state index in [1.54, 1.807) is 11.2 Å². The van der Waals surface area contributed by atoms with Crippen molar-refractivity contribution in [3.63, 3.8) is 0 Å². The number of hydrogen-bond acceptors (Lipinski definition) is 8. The highest BCUT2D eigenvalue weighted by molar-refractivity contribution is 5.92. The molecule has 174 valence electrons. The van der Waals surface area contributed by atoms with Crippen LogP contribution >= 0.6 is 0 Å². The average molecular weight is 452 g/mol. The molecular formula is C23H29N7O3. The third-order valence-electron chi connectivity index (χ3n) is 6.16. The fourth-order valence-corrected chi connectivity index (χ4v) is 4.22. The summed E-state index contributed by atoms with van der Waals surface area (Å²) in [5, 5.41) is 4.40. The molecule has 0 saturated carbocycles. The first-order valence-electron chi connectivity index (χ1n) is 11.2. The summed E-state index contributed by atoms with van der Waals surface area (Å²) in [5.41, 5.74) is 3.67. The quantitative estimate of drug-likeness (QED) is 0.578. The minimum Gasteiger partial charge on any atom is -0.482 e. The summed E-state index contributed by atoms with van der Waals surface area (Å²) in [6.45, 7) is 4.94. The highest BCUT2D eigenvalue weighted by Crippen LogP contribution is 2.34. The molecule has 5 rings (SSSR count). The molecule has 10 heteroatoms. The SMILES string of the molecule is CN1CCN(C)C(=O)COc2cc(ccc2N2CCOCC2)Nc2ncnc3[nH]cc(c23)C1. The lowest BCUT2D eigenvalue weighted by molar-refractivity contribution is -0.132. The van der Waals surface area contributed by atoms with E-state index in [2.05, 4.69) is 30.1 Å². The first kappa shape index (κ1) is 21.5. The lowest BCUT2D eigenvalue weighted by atomic mass is 10.2. The standard InChI is InChI=1S/C23H29N7O3/c1-28-5-6-29(2)20(31)14-33-19-11-17(3-4-18(19)30-7-9-32-10-8-30)27-23-21-16(13-28)12-24-22(21)25-15-26-23/h3-4,11-12,15H,5-10,13-14H2,1-2H3,(H2,24,25,26,27). The van der Waals surface area contributed by atoms with E-state index >= 15 is 0 Å². The molecule has 0 atom stereocenters. The van der Waals surface area contributed by atoms with Crippen LogP contribution in [0.25, 0.3) is 11.0 Å². The lowest BCUT2D eigenvalue weighted by Gasteiger charge is -2.30. The van der Waals surface area contributed by atoms with Gasteiger partial charge >= 0.3 is 0 Å². The zero-order chi connectivity index (χ0) is 22.8. The number of hydrogen-bond donors (Lipinski definition) is 2. The van der Waals surface area contributed by atoms with Gasteiger partial charge in [-0.15, -0.1) is 0 Å². The Hall–Kier alpha value is -3.37. The Morgan fingerprint density at radius 2 is 1.91 bits per heavy atom. The molecule has 4 heterocycles. The summed E-state index contributed by atoms with van der Waals surface area (Å²) >= 11 is 0. The minimum absolute atomic E-state index is 0.0149. The van der Waals surface area contributed by atoms with E-state index in [1.807, 2.05) is 38.5 Å². The molecule has 33 heavy (non-hydrogen) atoms. The molecule has 2 bridgehead atoms. The second-order valence-electron chi connectivity index (χ2n) is 8.51. The van der Waals surface area contributed by atoms with Crippen LogP contribution in [-0.2, 0) is 16.1 Å². The normalized spacial score (nSPS) is 18.4. The maximum Gasteiger partial charge on any atom is 0.260 e. The number of aromatic nitrogens is 3. The van der Waals surface area contributed by atoms with E-state index in [-0.39, 0.29) is 12.5 Å². The number of likely N-dealkylation sites (N-methyl/N-ethyl adjacent to an activating group) is 2. The number of ether oxygens (including phenoxy) is 2. The van der Waals surface area contributed by atoms with Crippen LogP contribution in [0.3, 0.4) is 0 Å². The summed E-state index contributed by atoms with van der Waals surface area (Å²) in [6, 6.07) is 5.97. The van der Waals surface area contributed by atoms with Crippen molar-refractivity contribution in [2.75, 3.05) is 70.3 Å². The Labute approximate surface area is 192 Å². The maximum absolute atomic E-state index is 12.7. The first-order valence-corrected chi connectivity index (χ1v) is 11.2. The Bertz CT molecular complexity index is 1140.